The van der Waals surface area contributed by atoms with Crippen LogP contribution in [0.1, 0.15) is 4.88 Å². The monoisotopic (exact) mass is 220 g/mol. The van der Waals surface area contributed by atoms with E-state index >= 15 is 0 Å². The van der Waals surface area contributed by atoms with Gasteiger partial charge in [-0.25, -0.2) is 4.39 Å². The van der Waals surface area contributed by atoms with Crippen LogP contribution in [0.15, 0.2) is 0 Å². The van der Waals surface area contributed by atoms with Gasteiger partial charge in [0.1, 0.15) is 3.82 Å². The SMILES string of the molecule is Fc1c(C(F)(F)F)ssc1=S. The smallest absolute Gasteiger partial charge is 0.203 e. The van der Waals surface area contributed by atoms with Crippen LogP contribution in [0, 0.1) is 9.64 Å². The van der Waals surface area contributed by atoms with Crippen LogP contribution in [0.3, 0.4) is 0 Å². The average molecular weight is 220 g/mol. The Bertz CT molecular complexity index is 306. The minimum atomic E-state index is -4.61. The number of hydrogen-bond donors (Lipinski definition) is 0. The molecule has 11 heavy (non-hydrogen) atoms. The van der Waals surface area contributed by atoms with Crippen LogP contribution >= 0.6 is 32.9 Å². The van der Waals surface area contributed by atoms with Crippen molar-refractivity contribution < 1.29 is 17.6 Å². The summed E-state index contributed by atoms with van der Waals surface area (Å²) in [5, 5.41) is 0. The molecule has 0 N–H and O–H groups in total. The summed E-state index contributed by atoms with van der Waals surface area (Å²) in [4.78, 5) is -1.23. The fourth-order valence-electron chi connectivity index (χ4n) is 0.417. The van der Waals surface area contributed by atoms with Gasteiger partial charge < -0.3 is 0 Å². The second-order valence-corrected chi connectivity index (χ2v) is 4.41. The molecule has 7 heteroatoms. The van der Waals surface area contributed by atoms with E-state index in [4.69, 9.17) is 0 Å². The van der Waals surface area contributed by atoms with Crippen LogP contribution in [0.5, 0.6) is 0 Å². The molecule has 1 aromatic rings. The topological polar surface area (TPSA) is 0 Å². The van der Waals surface area contributed by atoms with Gasteiger partial charge in [-0.3, -0.25) is 0 Å². The van der Waals surface area contributed by atoms with E-state index < -0.39 is 16.9 Å². The van der Waals surface area contributed by atoms with Crippen molar-refractivity contribution in [2.24, 2.45) is 0 Å². The quantitative estimate of drug-likeness (QED) is 0.365. The van der Waals surface area contributed by atoms with E-state index in [1.807, 2.05) is 0 Å². The maximum atomic E-state index is 12.5. The van der Waals surface area contributed by atoms with Gasteiger partial charge in [0, 0.05) is 0 Å². The van der Waals surface area contributed by atoms with E-state index in [1.165, 1.54) is 0 Å². The predicted molar refractivity (Wildman–Crippen MR) is 38.0 cm³/mol. The van der Waals surface area contributed by atoms with Gasteiger partial charge >= 0.3 is 6.18 Å². The van der Waals surface area contributed by atoms with E-state index in [0.29, 0.717) is 20.7 Å². The Labute approximate surface area is 71.5 Å². The van der Waals surface area contributed by atoms with Crippen LogP contribution in [0.25, 0.3) is 0 Å². The van der Waals surface area contributed by atoms with Gasteiger partial charge in [0.15, 0.2) is 10.7 Å². The van der Waals surface area contributed by atoms with Crippen LogP contribution in [0.2, 0.25) is 0 Å². The summed E-state index contributed by atoms with van der Waals surface area (Å²) in [6.45, 7) is 0. The van der Waals surface area contributed by atoms with E-state index in [-0.39, 0.29) is 3.82 Å². The lowest BCUT2D eigenvalue weighted by molar-refractivity contribution is -0.136. The van der Waals surface area contributed by atoms with Crippen molar-refractivity contribution in [2.75, 3.05) is 0 Å². The third-order valence-corrected chi connectivity index (χ3v) is 3.82. The fourth-order valence-corrected chi connectivity index (χ4v) is 2.76. The Morgan fingerprint density at radius 3 is 1.91 bits per heavy atom. The Morgan fingerprint density at radius 1 is 1.18 bits per heavy atom. The number of halogens is 4. The van der Waals surface area contributed by atoms with Gasteiger partial charge in [-0.05, 0) is 0 Å². The molecule has 0 aliphatic heterocycles. The highest BCUT2D eigenvalue weighted by Gasteiger charge is 2.36. The number of rotatable bonds is 0. The first-order chi connectivity index (χ1) is 4.93. The lowest BCUT2D eigenvalue weighted by Crippen LogP contribution is -2.03. The first-order valence-electron chi connectivity index (χ1n) is 2.28. The van der Waals surface area contributed by atoms with E-state index in [1.54, 1.807) is 0 Å². The molecule has 0 amide bonds. The second kappa shape index (κ2) is 2.80. The van der Waals surface area contributed by atoms with Gasteiger partial charge in [-0.2, -0.15) is 13.2 Å². The molecule has 1 aromatic heterocycles. The minimum Gasteiger partial charge on any atom is -0.203 e. The Morgan fingerprint density at radius 2 is 1.73 bits per heavy atom. The summed E-state index contributed by atoms with van der Waals surface area (Å²) >= 11 is 4.30. The molecule has 0 radical (unpaired) electrons. The zero-order valence-electron chi connectivity index (χ0n) is 4.74. The zero-order chi connectivity index (χ0) is 8.65. The van der Waals surface area contributed by atoms with E-state index in [2.05, 4.69) is 12.2 Å². The van der Waals surface area contributed by atoms with Gasteiger partial charge in [0.25, 0.3) is 0 Å². The molecule has 1 rings (SSSR count). The lowest BCUT2D eigenvalue weighted by Gasteiger charge is -2.00. The maximum Gasteiger partial charge on any atom is 0.429 e. The summed E-state index contributed by atoms with van der Waals surface area (Å²) in [5.41, 5.74) is 0. The Balaban J connectivity index is 3.26. The van der Waals surface area contributed by atoms with Crippen LogP contribution in [0.4, 0.5) is 17.6 Å². The summed E-state index contributed by atoms with van der Waals surface area (Å²) in [5.74, 6) is -1.32. The van der Waals surface area contributed by atoms with Crippen molar-refractivity contribution in [3.05, 3.63) is 14.5 Å². The molecule has 0 aromatic carbocycles. The lowest BCUT2D eigenvalue weighted by atomic mass is 10.5. The first kappa shape index (κ1) is 9.08. The fraction of sp³-hybridized carbons (Fsp3) is 0.250. The molecule has 0 saturated carbocycles. The molecule has 0 spiro atoms. The highest BCUT2D eigenvalue weighted by atomic mass is 32.9. The normalized spacial score (nSPS) is 12.0. The molecular formula is C4F4S3. The molecule has 0 atom stereocenters. The molecule has 1 heterocycles. The Hall–Kier alpha value is -0.0100. The molecule has 62 valence electrons. The van der Waals surface area contributed by atoms with Gasteiger partial charge in [0.2, 0.25) is 0 Å². The second-order valence-electron chi connectivity index (χ2n) is 1.59. The highest BCUT2D eigenvalue weighted by molar-refractivity contribution is 7.79. The molecule has 0 nitrogen and oxygen atoms in total. The van der Waals surface area contributed by atoms with Crippen LogP contribution < -0.4 is 0 Å². The van der Waals surface area contributed by atoms with Gasteiger partial charge in [0.05, 0.1) is 0 Å². The minimum absolute atomic E-state index is 0.321. The van der Waals surface area contributed by atoms with Crippen LogP contribution in [-0.4, -0.2) is 0 Å². The number of alkyl halides is 3. The first-order valence-corrected chi connectivity index (χ1v) is 4.84. The highest BCUT2D eigenvalue weighted by Crippen LogP contribution is 2.37. The average Bonchev–Trinajstić information content (AvgIpc) is 2.11. The van der Waals surface area contributed by atoms with E-state index in [9.17, 15) is 17.6 Å². The standard InChI is InChI=1S/C4F4S3/c5-1-2(4(6,7)8)10-11-3(1)9. The maximum absolute atomic E-state index is 12.5. The zero-order valence-corrected chi connectivity index (χ0v) is 7.19. The summed E-state index contributed by atoms with van der Waals surface area (Å²) in [7, 11) is 0.940. The summed E-state index contributed by atoms with van der Waals surface area (Å²) in [6, 6.07) is 0. The van der Waals surface area contributed by atoms with Crippen molar-refractivity contribution in [3.63, 3.8) is 0 Å². The molecule has 0 aliphatic carbocycles. The van der Waals surface area contributed by atoms with Crippen molar-refractivity contribution in [3.8, 4) is 0 Å². The summed E-state index contributed by atoms with van der Waals surface area (Å²) in [6.07, 6.45) is -4.61. The molecule has 0 saturated heterocycles. The van der Waals surface area contributed by atoms with E-state index in [0.717, 1.165) is 0 Å². The van der Waals surface area contributed by atoms with Crippen molar-refractivity contribution >= 4 is 32.9 Å². The van der Waals surface area contributed by atoms with Crippen molar-refractivity contribution in [2.45, 2.75) is 6.18 Å². The van der Waals surface area contributed by atoms with Crippen molar-refractivity contribution in [1.29, 1.82) is 0 Å². The molecular weight excluding hydrogens is 220 g/mol. The van der Waals surface area contributed by atoms with Gasteiger partial charge in [-0.1, -0.05) is 32.9 Å². The third kappa shape index (κ3) is 1.77. The third-order valence-electron chi connectivity index (χ3n) is 0.837. The van der Waals surface area contributed by atoms with Gasteiger partial charge in [-0.15, -0.1) is 0 Å². The molecule has 0 fully saturated rings. The van der Waals surface area contributed by atoms with Crippen molar-refractivity contribution in [1.82, 2.24) is 0 Å². The molecule has 0 unspecified atom stereocenters. The Kier molecular flexibility index (Phi) is 2.31. The number of hydrogen-bond acceptors (Lipinski definition) is 3. The largest absolute Gasteiger partial charge is 0.429 e. The molecule has 0 aliphatic rings. The summed E-state index contributed by atoms with van der Waals surface area (Å²) < 4.78 is 47.5. The molecule has 0 bridgehead atoms. The van der Waals surface area contributed by atoms with Crippen LogP contribution in [-0.2, 0) is 6.18 Å². The predicted octanol–water partition coefficient (Wildman–Crippen LogP) is 3.70.